The summed E-state index contributed by atoms with van der Waals surface area (Å²) in [4.78, 5) is 0. The molecule has 2 N–H and O–H groups in total. The molecule has 0 unspecified atom stereocenters. The molecule has 0 atom stereocenters. The van der Waals surface area contributed by atoms with Crippen molar-refractivity contribution in [1.82, 2.24) is 0 Å². The summed E-state index contributed by atoms with van der Waals surface area (Å²) in [7, 11) is 0. The van der Waals surface area contributed by atoms with E-state index in [-0.39, 0.29) is 17.8 Å². The Bertz CT molecular complexity index is 256. The lowest BCUT2D eigenvalue weighted by Crippen LogP contribution is -2.27. The van der Waals surface area contributed by atoms with Crippen LogP contribution in [0.4, 0.5) is 0 Å². The van der Waals surface area contributed by atoms with Crippen molar-refractivity contribution < 1.29 is 0 Å². The molecule has 1 rings (SSSR count). The maximum Gasteiger partial charge on any atom is 0.0175 e. The molecule has 0 saturated heterocycles. The normalized spacial score (nSPS) is 10.8. The Balaban J connectivity index is 0.00000144. The van der Waals surface area contributed by atoms with Crippen LogP contribution in [0.2, 0.25) is 0 Å². The van der Waals surface area contributed by atoms with Crippen molar-refractivity contribution in [3.63, 3.8) is 0 Å². The van der Waals surface area contributed by atoms with Gasteiger partial charge in [-0.25, -0.2) is 0 Å². The average Bonchev–Trinajstić information content (AvgIpc) is 2.05. The van der Waals surface area contributed by atoms with E-state index in [9.17, 15) is 0 Å². The van der Waals surface area contributed by atoms with Crippen molar-refractivity contribution in [1.29, 1.82) is 0 Å². The van der Waals surface area contributed by atoms with Crippen LogP contribution in [0.15, 0.2) is 28.7 Å². The second-order valence-electron chi connectivity index (χ2n) is 3.59. The topological polar surface area (TPSA) is 26.0 Å². The van der Waals surface area contributed by atoms with Crippen molar-refractivity contribution in [2.45, 2.75) is 19.3 Å². The smallest absolute Gasteiger partial charge is 0.0175 e. The Morgan fingerprint density at radius 1 is 1.23 bits per heavy atom. The van der Waals surface area contributed by atoms with E-state index in [1.165, 1.54) is 5.56 Å². The van der Waals surface area contributed by atoms with Gasteiger partial charge in [0.2, 0.25) is 0 Å². The van der Waals surface area contributed by atoms with Crippen LogP contribution in [0.5, 0.6) is 0 Å². The highest BCUT2D eigenvalue weighted by atomic mass is 79.9. The van der Waals surface area contributed by atoms with E-state index in [0.29, 0.717) is 6.54 Å². The van der Waals surface area contributed by atoms with E-state index >= 15 is 0 Å². The minimum atomic E-state index is 0. The molecule has 1 aromatic rings. The van der Waals surface area contributed by atoms with E-state index in [0.717, 1.165) is 4.47 Å². The highest BCUT2D eigenvalue weighted by Gasteiger charge is 2.17. The summed E-state index contributed by atoms with van der Waals surface area (Å²) in [5.41, 5.74) is 7.03. The summed E-state index contributed by atoms with van der Waals surface area (Å²) < 4.78 is 1.11. The SMILES string of the molecule is CC(C)(CN)c1ccc(Br)cc1.Cl. The first kappa shape index (κ1) is 12.9. The van der Waals surface area contributed by atoms with Gasteiger partial charge in [0.15, 0.2) is 0 Å². The quantitative estimate of drug-likeness (QED) is 0.873. The van der Waals surface area contributed by atoms with Gasteiger partial charge in [-0.05, 0) is 17.7 Å². The molecule has 0 aliphatic rings. The van der Waals surface area contributed by atoms with Crippen LogP contribution >= 0.6 is 28.3 Å². The molecule has 0 bridgehead atoms. The fourth-order valence-corrected chi connectivity index (χ4v) is 1.28. The minimum absolute atomic E-state index is 0. The van der Waals surface area contributed by atoms with Crippen LogP contribution in [0.1, 0.15) is 19.4 Å². The maximum atomic E-state index is 5.66. The predicted octanol–water partition coefficient (Wildman–Crippen LogP) is 3.11. The lowest BCUT2D eigenvalue weighted by atomic mass is 9.85. The highest BCUT2D eigenvalue weighted by Crippen LogP contribution is 2.23. The van der Waals surface area contributed by atoms with Gasteiger partial charge in [-0.3, -0.25) is 0 Å². The molecule has 0 aliphatic heterocycles. The molecule has 3 heteroatoms. The van der Waals surface area contributed by atoms with E-state index in [1.54, 1.807) is 0 Å². The molecule has 0 radical (unpaired) electrons. The largest absolute Gasteiger partial charge is 0.330 e. The Kier molecular flexibility index (Phi) is 4.97. The molecule has 0 saturated carbocycles. The summed E-state index contributed by atoms with van der Waals surface area (Å²) in [5, 5.41) is 0. The average molecular weight is 265 g/mol. The van der Waals surface area contributed by atoms with E-state index in [4.69, 9.17) is 5.73 Å². The monoisotopic (exact) mass is 263 g/mol. The molecule has 0 aliphatic carbocycles. The molecule has 13 heavy (non-hydrogen) atoms. The van der Waals surface area contributed by atoms with Crippen molar-refractivity contribution >= 4 is 28.3 Å². The Hall–Kier alpha value is -0.0500. The molecule has 0 spiro atoms. The van der Waals surface area contributed by atoms with Crippen LogP contribution < -0.4 is 5.73 Å². The zero-order valence-corrected chi connectivity index (χ0v) is 10.3. The van der Waals surface area contributed by atoms with E-state index in [1.807, 2.05) is 12.1 Å². The third-order valence-electron chi connectivity index (χ3n) is 2.14. The second-order valence-corrected chi connectivity index (χ2v) is 4.51. The summed E-state index contributed by atoms with van der Waals surface area (Å²) in [6.07, 6.45) is 0. The van der Waals surface area contributed by atoms with E-state index < -0.39 is 0 Å². The minimum Gasteiger partial charge on any atom is -0.330 e. The first-order valence-corrected chi connectivity index (χ1v) is 4.82. The molecule has 74 valence electrons. The zero-order valence-electron chi connectivity index (χ0n) is 7.88. The fraction of sp³-hybridized carbons (Fsp3) is 0.400. The number of hydrogen-bond acceptors (Lipinski definition) is 1. The van der Waals surface area contributed by atoms with Crippen molar-refractivity contribution in [2.24, 2.45) is 5.73 Å². The van der Waals surface area contributed by atoms with Crippen LogP contribution in [-0.2, 0) is 5.41 Å². The molecular formula is C10H15BrClN. The number of nitrogens with two attached hydrogens (primary N) is 1. The third kappa shape index (κ3) is 3.29. The molecule has 1 nitrogen and oxygen atoms in total. The Morgan fingerprint density at radius 2 is 1.69 bits per heavy atom. The van der Waals surface area contributed by atoms with Crippen LogP contribution in [0.25, 0.3) is 0 Å². The second kappa shape index (κ2) is 4.99. The predicted molar refractivity (Wildman–Crippen MR) is 63.5 cm³/mol. The van der Waals surface area contributed by atoms with Crippen molar-refractivity contribution in [3.05, 3.63) is 34.3 Å². The van der Waals surface area contributed by atoms with Gasteiger partial charge in [0.1, 0.15) is 0 Å². The highest BCUT2D eigenvalue weighted by molar-refractivity contribution is 9.10. The first-order chi connectivity index (χ1) is 5.56. The lowest BCUT2D eigenvalue weighted by Gasteiger charge is -2.22. The van der Waals surface area contributed by atoms with Crippen LogP contribution in [0.3, 0.4) is 0 Å². The van der Waals surface area contributed by atoms with Gasteiger partial charge < -0.3 is 5.73 Å². The molecule has 0 aromatic heterocycles. The lowest BCUT2D eigenvalue weighted by molar-refractivity contribution is 0.539. The van der Waals surface area contributed by atoms with Crippen LogP contribution in [0, 0.1) is 0 Å². The summed E-state index contributed by atoms with van der Waals surface area (Å²) in [6, 6.07) is 8.31. The first-order valence-electron chi connectivity index (χ1n) is 4.02. The molecule has 0 heterocycles. The third-order valence-corrected chi connectivity index (χ3v) is 2.66. The summed E-state index contributed by atoms with van der Waals surface area (Å²) in [6.45, 7) is 4.97. The standard InChI is InChI=1S/C10H14BrN.ClH/c1-10(2,7-12)8-3-5-9(11)6-4-8;/h3-6H,7,12H2,1-2H3;1H. The Morgan fingerprint density at radius 3 is 2.08 bits per heavy atom. The van der Waals surface area contributed by atoms with Gasteiger partial charge in [-0.1, -0.05) is 41.9 Å². The Labute approximate surface area is 94.3 Å². The molecule has 1 aromatic carbocycles. The molecular weight excluding hydrogens is 249 g/mol. The summed E-state index contributed by atoms with van der Waals surface area (Å²) >= 11 is 3.40. The van der Waals surface area contributed by atoms with Gasteiger partial charge in [0.25, 0.3) is 0 Å². The van der Waals surface area contributed by atoms with Gasteiger partial charge in [-0.15, -0.1) is 12.4 Å². The van der Waals surface area contributed by atoms with Gasteiger partial charge in [0, 0.05) is 16.4 Å². The number of halogens is 2. The van der Waals surface area contributed by atoms with Crippen LogP contribution in [-0.4, -0.2) is 6.54 Å². The zero-order chi connectivity index (χ0) is 9.19. The number of hydrogen-bond donors (Lipinski definition) is 1. The fourth-order valence-electron chi connectivity index (χ4n) is 1.02. The van der Waals surface area contributed by atoms with Crippen molar-refractivity contribution in [2.75, 3.05) is 6.54 Å². The maximum absolute atomic E-state index is 5.66. The van der Waals surface area contributed by atoms with Gasteiger partial charge in [0.05, 0.1) is 0 Å². The summed E-state index contributed by atoms with van der Waals surface area (Å²) in [5.74, 6) is 0. The molecule has 0 fully saturated rings. The van der Waals surface area contributed by atoms with Gasteiger partial charge >= 0.3 is 0 Å². The number of benzene rings is 1. The van der Waals surface area contributed by atoms with Gasteiger partial charge in [-0.2, -0.15) is 0 Å². The van der Waals surface area contributed by atoms with E-state index in [2.05, 4.69) is 41.9 Å². The van der Waals surface area contributed by atoms with Crippen molar-refractivity contribution in [3.8, 4) is 0 Å². The number of rotatable bonds is 2. The molecule has 0 amide bonds.